The maximum Gasteiger partial charge on any atom is 0.240 e. The van der Waals surface area contributed by atoms with Crippen LogP contribution in [0.4, 0.5) is 0 Å². The van der Waals surface area contributed by atoms with E-state index in [0.29, 0.717) is 5.88 Å². The minimum Gasteiger partial charge on any atom is -0.437 e. The minimum absolute atomic E-state index is 0.647. The molecule has 3 aromatic heterocycles. The Kier molecular flexibility index (Phi) is 6.82. The molecule has 3 N–H and O–H groups in total. The van der Waals surface area contributed by atoms with Crippen molar-refractivity contribution in [3.05, 3.63) is 78.8 Å². The fraction of sp³-hybridized carbons (Fsp3) is 0.118. The van der Waals surface area contributed by atoms with Gasteiger partial charge >= 0.3 is 0 Å². The lowest BCUT2D eigenvalue weighted by molar-refractivity contribution is 0.461. The van der Waals surface area contributed by atoms with Gasteiger partial charge in [-0.2, -0.15) is 15.2 Å². The Balaban J connectivity index is 0.000000169. The van der Waals surface area contributed by atoms with E-state index < -0.39 is 0 Å². The Labute approximate surface area is 140 Å². The molecule has 0 saturated carbocycles. The molecule has 0 unspecified atom stereocenters. The van der Waals surface area contributed by atoms with Crippen molar-refractivity contribution in [2.24, 2.45) is 0 Å². The zero-order valence-corrected chi connectivity index (χ0v) is 13.6. The fourth-order valence-electron chi connectivity index (χ4n) is 1.72. The van der Waals surface area contributed by atoms with Gasteiger partial charge in [0.25, 0.3) is 0 Å². The van der Waals surface area contributed by atoms with Gasteiger partial charge in [-0.25, -0.2) is 0 Å². The van der Waals surface area contributed by atoms with Gasteiger partial charge in [-0.1, -0.05) is 18.2 Å². The van der Waals surface area contributed by atoms with Gasteiger partial charge in [0.1, 0.15) is 11.6 Å². The smallest absolute Gasteiger partial charge is 0.240 e. The zero-order valence-electron chi connectivity index (χ0n) is 13.6. The number of para-hydroxylation sites is 1. The van der Waals surface area contributed by atoms with E-state index in [1.165, 1.54) is 0 Å². The summed E-state index contributed by atoms with van der Waals surface area (Å²) >= 11 is 0. The van der Waals surface area contributed by atoms with Crippen molar-refractivity contribution in [1.29, 1.82) is 0 Å². The monoisotopic (exact) mass is 324 g/mol. The minimum atomic E-state index is 0.647. The molecule has 0 amide bonds. The standard InChI is InChI=1S/C11H12N2O.2C3H4N2/c1-8-11(13-9(2)12-8)14-10-6-4-3-5-7-10;2*1-2-4-5-3-1/h3-7H,1-2H3,(H,12,13);2*1-3H,(H,4,5). The summed E-state index contributed by atoms with van der Waals surface area (Å²) in [7, 11) is 0. The molecule has 0 aliphatic heterocycles. The Morgan fingerprint density at radius 1 is 0.833 bits per heavy atom. The molecular weight excluding hydrogens is 304 g/mol. The van der Waals surface area contributed by atoms with Gasteiger partial charge in [-0.05, 0) is 38.1 Å². The number of nitrogens with one attached hydrogen (secondary N) is 3. The van der Waals surface area contributed by atoms with Crippen LogP contribution < -0.4 is 4.74 Å². The normalized spacial score (nSPS) is 9.25. The first-order valence-corrected chi connectivity index (χ1v) is 7.39. The Morgan fingerprint density at radius 2 is 1.46 bits per heavy atom. The molecule has 7 heteroatoms. The third kappa shape index (κ3) is 6.18. The highest BCUT2D eigenvalue weighted by atomic mass is 16.5. The molecule has 24 heavy (non-hydrogen) atoms. The third-order valence-corrected chi connectivity index (χ3v) is 2.73. The molecule has 3 heterocycles. The average molecular weight is 324 g/mol. The zero-order chi connectivity index (χ0) is 17.0. The number of aromatic amines is 3. The van der Waals surface area contributed by atoms with E-state index >= 15 is 0 Å². The van der Waals surface area contributed by atoms with Crippen LogP contribution in [0.25, 0.3) is 0 Å². The second kappa shape index (κ2) is 9.62. The maximum absolute atomic E-state index is 5.59. The molecule has 0 spiro atoms. The number of aryl methyl sites for hydroxylation is 2. The molecule has 1 aromatic carbocycles. The summed E-state index contributed by atoms with van der Waals surface area (Å²) in [6, 6.07) is 13.3. The van der Waals surface area contributed by atoms with Crippen LogP contribution in [-0.4, -0.2) is 30.4 Å². The molecule has 124 valence electrons. The summed E-state index contributed by atoms with van der Waals surface area (Å²) < 4.78 is 5.59. The SMILES string of the molecule is Cc1nc(Oc2ccccc2)c(C)[nH]1.c1cn[nH]c1.c1cn[nH]c1. The van der Waals surface area contributed by atoms with Crippen molar-refractivity contribution < 1.29 is 4.74 Å². The number of imidazole rings is 1. The number of nitrogens with zero attached hydrogens (tertiary/aromatic N) is 3. The first-order chi connectivity index (χ1) is 11.8. The van der Waals surface area contributed by atoms with E-state index in [9.17, 15) is 0 Å². The van der Waals surface area contributed by atoms with E-state index in [0.717, 1.165) is 17.3 Å². The van der Waals surface area contributed by atoms with Crippen LogP contribution in [0.2, 0.25) is 0 Å². The van der Waals surface area contributed by atoms with Crippen LogP contribution >= 0.6 is 0 Å². The quantitative estimate of drug-likeness (QED) is 0.524. The molecular formula is C17H20N6O. The first-order valence-electron chi connectivity index (χ1n) is 7.39. The van der Waals surface area contributed by atoms with Crippen LogP contribution in [0.3, 0.4) is 0 Å². The van der Waals surface area contributed by atoms with Crippen LogP contribution in [-0.2, 0) is 0 Å². The molecule has 0 aliphatic rings. The lowest BCUT2D eigenvalue weighted by Crippen LogP contribution is -1.85. The van der Waals surface area contributed by atoms with Crippen LogP contribution in [0.5, 0.6) is 11.6 Å². The summed E-state index contributed by atoms with van der Waals surface area (Å²) in [5, 5.41) is 12.4. The van der Waals surface area contributed by atoms with E-state index in [4.69, 9.17) is 4.74 Å². The van der Waals surface area contributed by atoms with Gasteiger partial charge < -0.3 is 9.72 Å². The van der Waals surface area contributed by atoms with Crippen LogP contribution in [0, 0.1) is 13.8 Å². The summed E-state index contributed by atoms with van der Waals surface area (Å²) in [4.78, 5) is 7.32. The first kappa shape index (κ1) is 17.0. The van der Waals surface area contributed by atoms with Gasteiger partial charge in [0.05, 0.1) is 5.69 Å². The number of H-pyrrole nitrogens is 3. The molecule has 0 atom stereocenters. The molecule has 0 saturated heterocycles. The topological polar surface area (TPSA) is 95.3 Å². The molecule has 0 radical (unpaired) electrons. The summed E-state index contributed by atoms with van der Waals surface area (Å²) in [5.41, 5.74) is 0.950. The second-order valence-corrected chi connectivity index (χ2v) is 4.70. The Morgan fingerprint density at radius 3 is 1.83 bits per heavy atom. The molecule has 7 nitrogen and oxygen atoms in total. The largest absolute Gasteiger partial charge is 0.437 e. The van der Waals surface area contributed by atoms with E-state index in [1.54, 1.807) is 24.8 Å². The highest BCUT2D eigenvalue weighted by Gasteiger charge is 2.05. The Hall–Kier alpha value is -3.35. The summed E-state index contributed by atoms with van der Waals surface area (Å²) in [6.45, 7) is 3.85. The van der Waals surface area contributed by atoms with Gasteiger partial charge in [0.15, 0.2) is 0 Å². The van der Waals surface area contributed by atoms with Gasteiger partial charge in [0.2, 0.25) is 5.88 Å². The number of rotatable bonds is 2. The van der Waals surface area contributed by atoms with E-state index in [-0.39, 0.29) is 0 Å². The van der Waals surface area contributed by atoms with Crippen molar-refractivity contribution in [3.63, 3.8) is 0 Å². The van der Waals surface area contributed by atoms with Crippen molar-refractivity contribution in [3.8, 4) is 11.6 Å². The second-order valence-electron chi connectivity index (χ2n) is 4.70. The molecule has 4 rings (SSSR count). The number of benzene rings is 1. The van der Waals surface area contributed by atoms with E-state index in [1.807, 2.05) is 56.3 Å². The highest BCUT2D eigenvalue weighted by molar-refractivity contribution is 5.29. The average Bonchev–Trinajstić information content (AvgIpc) is 3.34. The third-order valence-electron chi connectivity index (χ3n) is 2.73. The van der Waals surface area contributed by atoms with Crippen molar-refractivity contribution in [2.45, 2.75) is 13.8 Å². The Bertz CT molecular complexity index is 702. The molecule has 4 aromatic rings. The summed E-state index contributed by atoms with van der Waals surface area (Å²) in [6.07, 6.45) is 6.92. The lowest BCUT2D eigenvalue weighted by Gasteiger charge is -2.01. The fourth-order valence-corrected chi connectivity index (χ4v) is 1.72. The molecule has 0 fully saturated rings. The van der Waals surface area contributed by atoms with Gasteiger partial charge in [0, 0.05) is 24.8 Å². The van der Waals surface area contributed by atoms with Crippen LogP contribution in [0.1, 0.15) is 11.5 Å². The van der Waals surface area contributed by atoms with Crippen molar-refractivity contribution in [2.75, 3.05) is 0 Å². The van der Waals surface area contributed by atoms with Gasteiger partial charge in [-0.15, -0.1) is 0 Å². The van der Waals surface area contributed by atoms with Crippen molar-refractivity contribution in [1.82, 2.24) is 30.4 Å². The van der Waals surface area contributed by atoms with Crippen molar-refractivity contribution >= 4 is 0 Å². The van der Waals surface area contributed by atoms with Gasteiger partial charge in [-0.3, -0.25) is 10.2 Å². The number of hydrogen-bond acceptors (Lipinski definition) is 4. The van der Waals surface area contributed by atoms with E-state index in [2.05, 4.69) is 30.4 Å². The number of aromatic nitrogens is 6. The molecule has 0 aliphatic carbocycles. The number of hydrogen-bond donors (Lipinski definition) is 3. The number of ether oxygens (including phenoxy) is 1. The lowest BCUT2D eigenvalue weighted by atomic mass is 10.3. The summed E-state index contributed by atoms with van der Waals surface area (Å²) in [5.74, 6) is 2.32. The van der Waals surface area contributed by atoms with Crippen LogP contribution in [0.15, 0.2) is 67.3 Å². The predicted octanol–water partition coefficient (Wildman–Crippen LogP) is 3.64. The maximum atomic E-state index is 5.59. The molecule has 0 bridgehead atoms. The highest BCUT2D eigenvalue weighted by Crippen LogP contribution is 2.21. The predicted molar refractivity (Wildman–Crippen MR) is 91.8 cm³/mol.